The summed E-state index contributed by atoms with van der Waals surface area (Å²) in [4.78, 5) is 4.51. The Morgan fingerprint density at radius 1 is 0.875 bits per heavy atom. The standard InChI is InChI=1S/C23H21N3O5S/c1-29-20-13-12-19(14-21(20)30-2)32(27,28)24-15-16-8-10-18(11-9-16)23-25-22(26-31-23)17-6-4-3-5-7-17/h3-14,24H,15H2,1-2H3. The maximum Gasteiger partial charge on any atom is 0.258 e. The van der Waals surface area contributed by atoms with Crippen LogP contribution in [0, 0.1) is 0 Å². The van der Waals surface area contributed by atoms with Crippen molar-refractivity contribution < 1.29 is 22.4 Å². The van der Waals surface area contributed by atoms with E-state index < -0.39 is 10.0 Å². The van der Waals surface area contributed by atoms with Crippen LogP contribution in [0.3, 0.4) is 0 Å². The lowest BCUT2D eigenvalue weighted by Crippen LogP contribution is -2.23. The van der Waals surface area contributed by atoms with Gasteiger partial charge in [-0.25, -0.2) is 13.1 Å². The second kappa shape index (κ2) is 9.21. The maximum absolute atomic E-state index is 12.7. The van der Waals surface area contributed by atoms with Gasteiger partial charge in [0.2, 0.25) is 15.8 Å². The van der Waals surface area contributed by atoms with E-state index in [-0.39, 0.29) is 11.4 Å². The van der Waals surface area contributed by atoms with E-state index in [4.69, 9.17) is 14.0 Å². The first-order valence-electron chi connectivity index (χ1n) is 9.70. The van der Waals surface area contributed by atoms with E-state index in [1.165, 1.54) is 26.4 Å². The molecule has 3 aromatic carbocycles. The summed E-state index contributed by atoms with van der Waals surface area (Å²) in [5.41, 5.74) is 2.38. The first-order valence-corrected chi connectivity index (χ1v) is 11.2. The monoisotopic (exact) mass is 451 g/mol. The summed E-state index contributed by atoms with van der Waals surface area (Å²) in [6.45, 7) is 0.121. The number of aromatic nitrogens is 2. The number of benzene rings is 3. The smallest absolute Gasteiger partial charge is 0.258 e. The Morgan fingerprint density at radius 3 is 2.28 bits per heavy atom. The number of hydrogen-bond donors (Lipinski definition) is 1. The highest BCUT2D eigenvalue weighted by atomic mass is 32.2. The number of methoxy groups -OCH3 is 2. The average Bonchev–Trinajstić information content (AvgIpc) is 3.33. The van der Waals surface area contributed by atoms with Gasteiger partial charge in [0.15, 0.2) is 11.5 Å². The van der Waals surface area contributed by atoms with Crippen LogP contribution in [-0.4, -0.2) is 32.8 Å². The highest BCUT2D eigenvalue weighted by Gasteiger charge is 2.17. The van der Waals surface area contributed by atoms with Crippen LogP contribution in [0.1, 0.15) is 5.56 Å². The first-order chi connectivity index (χ1) is 15.5. The van der Waals surface area contributed by atoms with Gasteiger partial charge in [-0.15, -0.1) is 0 Å². The molecule has 164 valence electrons. The minimum atomic E-state index is -3.73. The van der Waals surface area contributed by atoms with Gasteiger partial charge in [-0.1, -0.05) is 47.6 Å². The molecule has 0 aliphatic rings. The van der Waals surface area contributed by atoms with Gasteiger partial charge >= 0.3 is 0 Å². The molecule has 0 saturated heterocycles. The van der Waals surface area contributed by atoms with Crippen LogP contribution in [0.2, 0.25) is 0 Å². The first kappa shape index (κ1) is 21.5. The lowest BCUT2D eigenvalue weighted by Gasteiger charge is -2.11. The summed E-state index contributed by atoms with van der Waals surface area (Å²) in [6.07, 6.45) is 0. The maximum atomic E-state index is 12.7. The fraction of sp³-hybridized carbons (Fsp3) is 0.130. The predicted molar refractivity (Wildman–Crippen MR) is 119 cm³/mol. The highest BCUT2D eigenvalue weighted by molar-refractivity contribution is 7.89. The van der Waals surface area contributed by atoms with Crippen LogP contribution in [0.5, 0.6) is 11.5 Å². The van der Waals surface area contributed by atoms with Crippen LogP contribution < -0.4 is 14.2 Å². The van der Waals surface area contributed by atoms with Gasteiger partial charge in [-0.05, 0) is 29.8 Å². The molecule has 8 nitrogen and oxygen atoms in total. The van der Waals surface area contributed by atoms with E-state index in [0.29, 0.717) is 23.2 Å². The molecule has 0 radical (unpaired) electrons. The Labute approximate surface area is 185 Å². The number of rotatable bonds is 8. The third kappa shape index (κ3) is 4.63. The van der Waals surface area contributed by atoms with Crippen molar-refractivity contribution in [1.82, 2.24) is 14.9 Å². The van der Waals surface area contributed by atoms with Gasteiger partial charge in [0, 0.05) is 23.7 Å². The molecule has 0 fully saturated rings. The van der Waals surface area contributed by atoms with Crippen molar-refractivity contribution in [1.29, 1.82) is 0 Å². The van der Waals surface area contributed by atoms with Crippen molar-refractivity contribution in [3.63, 3.8) is 0 Å². The summed E-state index contributed by atoms with van der Waals surface area (Å²) in [5.74, 6) is 1.70. The highest BCUT2D eigenvalue weighted by Crippen LogP contribution is 2.29. The van der Waals surface area contributed by atoms with Gasteiger partial charge in [0.1, 0.15) is 0 Å². The molecule has 4 rings (SSSR count). The van der Waals surface area contributed by atoms with Crippen LogP contribution in [-0.2, 0) is 16.6 Å². The zero-order chi connectivity index (χ0) is 22.6. The number of nitrogens with one attached hydrogen (secondary N) is 1. The Morgan fingerprint density at radius 2 is 1.59 bits per heavy atom. The zero-order valence-corrected chi connectivity index (χ0v) is 18.3. The molecule has 1 heterocycles. The molecule has 4 aromatic rings. The van der Waals surface area contributed by atoms with Crippen molar-refractivity contribution in [3.05, 3.63) is 78.4 Å². The zero-order valence-electron chi connectivity index (χ0n) is 17.5. The molecule has 0 atom stereocenters. The molecule has 9 heteroatoms. The molecule has 0 aliphatic heterocycles. The molecular formula is C23H21N3O5S. The Balaban J connectivity index is 1.45. The van der Waals surface area contributed by atoms with E-state index in [1.807, 2.05) is 42.5 Å². The Bertz CT molecular complexity index is 1300. The molecule has 32 heavy (non-hydrogen) atoms. The number of ether oxygens (including phenoxy) is 2. The van der Waals surface area contributed by atoms with Gasteiger partial charge in [0.25, 0.3) is 5.89 Å². The normalized spacial score (nSPS) is 11.3. The molecule has 1 aromatic heterocycles. The summed E-state index contributed by atoms with van der Waals surface area (Å²) >= 11 is 0. The lowest BCUT2D eigenvalue weighted by molar-refractivity contribution is 0.354. The Kier molecular flexibility index (Phi) is 6.20. The van der Waals surface area contributed by atoms with Crippen LogP contribution >= 0.6 is 0 Å². The fourth-order valence-electron chi connectivity index (χ4n) is 3.06. The number of nitrogens with zero attached hydrogens (tertiary/aromatic N) is 2. The molecule has 0 amide bonds. The van der Waals surface area contributed by atoms with Gasteiger partial charge in [-0.3, -0.25) is 0 Å². The van der Waals surface area contributed by atoms with Crippen LogP contribution in [0.4, 0.5) is 0 Å². The van der Waals surface area contributed by atoms with E-state index >= 15 is 0 Å². The third-order valence-electron chi connectivity index (χ3n) is 4.79. The fourth-order valence-corrected chi connectivity index (χ4v) is 4.09. The van der Waals surface area contributed by atoms with Gasteiger partial charge < -0.3 is 14.0 Å². The molecule has 0 spiro atoms. The van der Waals surface area contributed by atoms with E-state index in [9.17, 15) is 8.42 Å². The average molecular weight is 452 g/mol. The molecule has 0 unspecified atom stereocenters. The summed E-state index contributed by atoms with van der Waals surface area (Å²) in [6, 6.07) is 21.2. The molecule has 0 aliphatic carbocycles. The third-order valence-corrected chi connectivity index (χ3v) is 6.19. The predicted octanol–water partition coefficient (Wildman–Crippen LogP) is 3.90. The molecule has 0 saturated carbocycles. The summed E-state index contributed by atoms with van der Waals surface area (Å²) in [7, 11) is -0.787. The SMILES string of the molecule is COc1ccc(S(=O)(=O)NCc2ccc(-c3nc(-c4ccccc4)no3)cc2)cc1OC. The van der Waals surface area contributed by atoms with Crippen molar-refractivity contribution >= 4 is 10.0 Å². The van der Waals surface area contributed by atoms with Gasteiger partial charge in [-0.2, -0.15) is 4.98 Å². The largest absolute Gasteiger partial charge is 0.493 e. The lowest BCUT2D eigenvalue weighted by atomic mass is 10.1. The van der Waals surface area contributed by atoms with Gasteiger partial charge in [0.05, 0.1) is 19.1 Å². The summed E-state index contributed by atoms with van der Waals surface area (Å²) in [5, 5.41) is 4.02. The molecule has 1 N–H and O–H groups in total. The van der Waals surface area contributed by atoms with Crippen molar-refractivity contribution in [2.45, 2.75) is 11.4 Å². The topological polar surface area (TPSA) is 104 Å². The van der Waals surface area contributed by atoms with Crippen LogP contribution in [0.25, 0.3) is 22.8 Å². The number of hydrogen-bond acceptors (Lipinski definition) is 7. The van der Waals surface area contributed by atoms with Crippen LogP contribution in [0.15, 0.2) is 82.2 Å². The van der Waals surface area contributed by atoms with Crippen molar-refractivity contribution in [2.75, 3.05) is 14.2 Å². The molecular weight excluding hydrogens is 430 g/mol. The number of sulfonamides is 1. The van der Waals surface area contributed by atoms with Crippen molar-refractivity contribution in [3.8, 4) is 34.3 Å². The molecule has 0 bridgehead atoms. The van der Waals surface area contributed by atoms with E-state index in [1.54, 1.807) is 18.2 Å². The van der Waals surface area contributed by atoms with E-state index in [0.717, 1.165) is 16.7 Å². The second-order valence-electron chi connectivity index (χ2n) is 6.83. The minimum absolute atomic E-state index is 0.0890. The van der Waals surface area contributed by atoms with E-state index in [2.05, 4.69) is 14.9 Å². The Hall–Kier alpha value is -3.69. The summed E-state index contributed by atoms with van der Waals surface area (Å²) < 4.78 is 43.6. The second-order valence-corrected chi connectivity index (χ2v) is 8.59. The van der Waals surface area contributed by atoms with Crippen molar-refractivity contribution in [2.24, 2.45) is 0 Å². The quantitative estimate of drug-likeness (QED) is 0.433. The minimum Gasteiger partial charge on any atom is -0.493 e.